The minimum Gasteiger partial charge on any atom is -0.278 e. The maximum Gasteiger partial charge on any atom is 0.240 e. The van der Waals surface area contributed by atoms with Crippen molar-refractivity contribution in [1.82, 2.24) is 24.1 Å². The van der Waals surface area contributed by atoms with Gasteiger partial charge in [0, 0.05) is 32.5 Å². The highest BCUT2D eigenvalue weighted by atomic mass is 15.3. The predicted molar refractivity (Wildman–Crippen MR) is 268 cm³/mol. The Labute approximate surface area is 376 Å². The normalized spacial score (nSPS) is 12.9. The highest BCUT2D eigenvalue weighted by Crippen LogP contribution is 2.50. The summed E-state index contributed by atoms with van der Waals surface area (Å²) in [6, 6.07) is 76.1. The maximum absolute atomic E-state index is 5.57. The summed E-state index contributed by atoms with van der Waals surface area (Å²) >= 11 is 0. The Hall–Kier alpha value is -8.41. The number of fused-ring (bicyclic) bond motifs is 9. The number of para-hydroxylation sites is 2. The van der Waals surface area contributed by atoms with Gasteiger partial charge in [-0.15, -0.1) is 0 Å². The molecular formula is C60H41N5. The summed E-state index contributed by atoms with van der Waals surface area (Å²) in [4.78, 5) is 16.6. The highest BCUT2D eigenvalue weighted by Gasteiger charge is 2.35. The molecule has 0 saturated heterocycles. The number of nitrogens with zero attached hydrogens (tertiary/aromatic N) is 5. The quantitative estimate of drug-likeness (QED) is 0.168. The smallest absolute Gasteiger partial charge is 0.240 e. The molecule has 0 spiro atoms. The van der Waals surface area contributed by atoms with E-state index in [0.29, 0.717) is 17.7 Å². The lowest BCUT2D eigenvalue weighted by atomic mass is 9.81. The molecule has 0 aliphatic heterocycles. The maximum atomic E-state index is 5.57. The van der Waals surface area contributed by atoms with Crippen molar-refractivity contribution < 1.29 is 0 Å². The summed E-state index contributed by atoms with van der Waals surface area (Å²) in [5, 5.41) is 4.54. The van der Waals surface area contributed by atoms with Crippen LogP contribution in [0.4, 0.5) is 0 Å². The van der Waals surface area contributed by atoms with E-state index in [1.54, 1.807) is 0 Å². The van der Waals surface area contributed by atoms with E-state index in [4.69, 9.17) is 15.0 Å². The van der Waals surface area contributed by atoms with Gasteiger partial charge >= 0.3 is 0 Å². The Balaban J connectivity index is 1.11. The second-order valence-electron chi connectivity index (χ2n) is 17.6. The molecule has 12 aromatic rings. The molecule has 306 valence electrons. The van der Waals surface area contributed by atoms with Crippen LogP contribution in [0, 0.1) is 0 Å². The molecule has 0 radical (unpaired) electrons. The minimum absolute atomic E-state index is 0.144. The van der Waals surface area contributed by atoms with Crippen molar-refractivity contribution in [3.63, 3.8) is 0 Å². The highest BCUT2D eigenvalue weighted by molar-refractivity contribution is 6.11. The Morgan fingerprint density at radius 2 is 0.754 bits per heavy atom. The van der Waals surface area contributed by atoms with Crippen molar-refractivity contribution in [2.75, 3.05) is 0 Å². The third kappa shape index (κ3) is 5.75. The molecule has 0 fully saturated rings. The van der Waals surface area contributed by atoms with Crippen molar-refractivity contribution in [1.29, 1.82) is 0 Å². The van der Waals surface area contributed by atoms with E-state index >= 15 is 0 Å². The van der Waals surface area contributed by atoms with Gasteiger partial charge in [0.15, 0.2) is 5.82 Å². The summed E-state index contributed by atoms with van der Waals surface area (Å²) in [6.07, 6.45) is 0. The third-order valence-electron chi connectivity index (χ3n) is 13.6. The van der Waals surface area contributed by atoms with Crippen LogP contribution in [0.15, 0.2) is 212 Å². The third-order valence-corrected chi connectivity index (χ3v) is 13.6. The molecule has 1 aliphatic rings. The summed E-state index contributed by atoms with van der Waals surface area (Å²) < 4.78 is 4.46. The van der Waals surface area contributed by atoms with Gasteiger partial charge in [-0.05, 0) is 86.0 Å². The molecule has 65 heavy (non-hydrogen) atoms. The van der Waals surface area contributed by atoms with Gasteiger partial charge in [0.25, 0.3) is 0 Å². The molecule has 13 rings (SSSR count). The number of benzene rings is 9. The van der Waals surface area contributed by atoms with Crippen LogP contribution in [-0.2, 0) is 5.41 Å². The van der Waals surface area contributed by atoms with Gasteiger partial charge in [0.1, 0.15) is 0 Å². The van der Waals surface area contributed by atoms with Gasteiger partial charge in [0.2, 0.25) is 11.9 Å². The van der Waals surface area contributed by atoms with Crippen LogP contribution in [-0.4, -0.2) is 24.1 Å². The van der Waals surface area contributed by atoms with Crippen molar-refractivity contribution in [3.8, 4) is 67.8 Å². The van der Waals surface area contributed by atoms with Crippen molar-refractivity contribution in [3.05, 3.63) is 223 Å². The molecule has 3 heterocycles. The van der Waals surface area contributed by atoms with Gasteiger partial charge in [-0.2, -0.15) is 15.0 Å². The Morgan fingerprint density at radius 3 is 1.35 bits per heavy atom. The number of aromatic nitrogens is 5. The first-order valence-electron chi connectivity index (χ1n) is 22.3. The van der Waals surface area contributed by atoms with Crippen LogP contribution >= 0.6 is 0 Å². The Bertz CT molecular complexity index is 3710. The zero-order valence-corrected chi connectivity index (χ0v) is 35.9. The van der Waals surface area contributed by atoms with E-state index in [0.717, 1.165) is 82.6 Å². The zero-order valence-electron chi connectivity index (χ0n) is 35.9. The van der Waals surface area contributed by atoms with E-state index in [2.05, 4.69) is 235 Å². The van der Waals surface area contributed by atoms with Crippen LogP contribution in [0.1, 0.15) is 25.0 Å². The lowest BCUT2D eigenvalue weighted by Crippen LogP contribution is -2.15. The SMILES string of the molecule is CC1(C)c2ccccc2-c2ccc(-c3ccccc3-c3nc(-n4c5ccccc5c5ccccc54)nc(-n4c5cc(-c6ccccc6)ccc5c5ccc(-c6ccccc6)cc54)n3)cc21. The molecule has 0 amide bonds. The monoisotopic (exact) mass is 831 g/mol. The summed E-state index contributed by atoms with van der Waals surface area (Å²) in [6.45, 7) is 4.67. The Kier molecular flexibility index (Phi) is 8.18. The number of rotatable bonds is 6. The molecule has 0 unspecified atom stereocenters. The molecule has 9 aromatic carbocycles. The van der Waals surface area contributed by atoms with Crippen molar-refractivity contribution >= 4 is 43.6 Å². The molecule has 3 aromatic heterocycles. The first kappa shape index (κ1) is 37.2. The van der Waals surface area contributed by atoms with Crippen molar-refractivity contribution in [2.24, 2.45) is 0 Å². The van der Waals surface area contributed by atoms with E-state index in [9.17, 15) is 0 Å². The fraction of sp³-hybridized carbons (Fsp3) is 0.0500. The largest absolute Gasteiger partial charge is 0.278 e. The summed E-state index contributed by atoms with van der Waals surface area (Å²) in [7, 11) is 0. The molecule has 5 heteroatoms. The second kappa shape index (κ2) is 14.3. The lowest BCUT2D eigenvalue weighted by molar-refractivity contribution is 0.660. The van der Waals surface area contributed by atoms with Gasteiger partial charge < -0.3 is 0 Å². The Morgan fingerprint density at radius 1 is 0.308 bits per heavy atom. The fourth-order valence-corrected chi connectivity index (χ4v) is 10.5. The zero-order chi connectivity index (χ0) is 43.2. The molecule has 0 atom stereocenters. The topological polar surface area (TPSA) is 48.5 Å². The van der Waals surface area contributed by atoms with Crippen LogP contribution in [0.5, 0.6) is 0 Å². The first-order valence-corrected chi connectivity index (χ1v) is 22.3. The molecule has 0 bridgehead atoms. The van der Waals surface area contributed by atoms with E-state index in [1.807, 2.05) is 0 Å². The predicted octanol–water partition coefficient (Wildman–Crippen LogP) is 15.0. The first-order chi connectivity index (χ1) is 32.0. The van der Waals surface area contributed by atoms with E-state index in [-0.39, 0.29) is 5.41 Å². The molecule has 0 N–H and O–H groups in total. The number of hydrogen-bond donors (Lipinski definition) is 0. The summed E-state index contributed by atoms with van der Waals surface area (Å²) in [5.74, 6) is 1.69. The van der Waals surface area contributed by atoms with Gasteiger partial charge in [-0.25, -0.2) is 0 Å². The number of hydrogen-bond acceptors (Lipinski definition) is 3. The van der Waals surface area contributed by atoms with Gasteiger partial charge in [-0.1, -0.05) is 196 Å². The van der Waals surface area contributed by atoms with Gasteiger partial charge in [0.05, 0.1) is 22.1 Å². The fourth-order valence-electron chi connectivity index (χ4n) is 10.5. The van der Waals surface area contributed by atoms with Gasteiger partial charge in [-0.3, -0.25) is 9.13 Å². The lowest BCUT2D eigenvalue weighted by Gasteiger charge is -2.22. The molecule has 1 aliphatic carbocycles. The molecule has 5 nitrogen and oxygen atoms in total. The van der Waals surface area contributed by atoms with Crippen LogP contribution < -0.4 is 0 Å². The van der Waals surface area contributed by atoms with Crippen molar-refractivity contribution in [2.45, 2.75) is 19.3 Å². The van der Waals surface area contributed by atoms with E-state index in [1.165, 1.54) is 22.3 Å². The minimum atomic E-state index is -0.144. The molecule has 0 saturated carbocycles. The summed E-state index contributed by atoms with van der Waals surface area (Å²) in [5.41, 5.74) is 16.9. The van der Waals surface area contributed by atoms with E-state index < -0.39 is 0 Å². The standard InChI is InChI=1S/C60H41N5/c1-60(2)51-26-14-11-22-44(51)45-32-31-42(35-52(45)60)43-21-9-10-25-50(43)57-61-58(64-53-27-15-12-23-46(53)47-24-13-16-28-54(47)64)63-59(62-57)65-55-36-40(38-17-5-3-6-18-38)29-33-48(55)49-34-30-41(37-56(49)65)39-19-7-4-8-20-39/h3-37H,1-2H3. The average molecular weight is 832 g/mol. The second-order valence-corrected chi connectivity index (χ2v) is 17.6. The average Bonchev–Trinajstić information content (AvgIpc) is 3.96. The van der Waals surface area contributed by atoms with Crippen LogP contribution in [0.2, 0.25) is 0 Å². The van der Waals surface area contributed by atoms with Crippen LogP contribution in [0.3, 0.4) is 0 Å². The molecular weight excluding hydrogens is 791 g/mol. The van der Waals surface area contributed by atoms with Crippen LogP contribution in [0.25, 0.3) is 111 Å².